The number of piperidine rings is 1. The Morgan fingerprint density at radius 2 is 1.88 bits per heavy atom. The molecule has 1 saturated heterocycles. The zero-order valence-electron chi connectivity index (χ0n) is 18.2. The lowest BCUT2D eigenvalue weighted by molar-refractivity contribution is -0.125. The van der Waals surface area contributed by atoms with Crippen molar-refractivity contribution in [2.75, 3.05) is 31.1 Å². The van der Waals surface area contributed by atoms with Crippen LogP contribution in [0, 0.1) is 11.7 Å². The molecular weight excluding hydrogens is 447 g/mol. The lowest BCUT2D eigenvalue weighted by Gasteiger charge is -2.31. The van der Waals surface area contributed by atoms with E-state index in [9.17, 15) is 17.6 Å². The molecule has 3 rings (SSSR count). The maximum absolute atomic E-state index is 13.6. The van der Waals surface area contributed by atoms with E-state index in [1.807, 2.05) is 36.4 Å². The van der Waals surface area contributed by atoms with E-state index in [1.54, 1.807) is 23.9 Å². The Bertz CT molecular complexity index is 970. The van der Waals surface area contributed by atoms with Crippen molar-refractivity contribution in [3.8, 4) is 0 Å². The highest BCUT2D eigenvalue weighted by Gasteiger charge is 2.31. The fourth-order valence-corrected chi connectivity index (χ4v) is 6.26. The van der Waals surface area contributed by atoms with Gasteiger partial charge in [-0.3, -0.25) is 4.79 Å². The number of hydrogen-bond donors (Lipinski definition) is 1. The van der Waals surface area contributed by atoms with Crippen LogP contribution in [0.15, 0.2) is 54.6 Å². The van der Waals surface area contributed by atoms with Gasteiger partial charge >= 0.3 is 0 Å². The molecule has 174 valence electrons. The van der Waals surface area contributed by atoms with E-state index >= 15 is 0 Å². The number of carbonyl (C=O) groups is 1. The van der Waals surface area contributed by atoms with E-state index in [-0.39, 0.29) is 29.9 Å². The van der Waals surface area contributed by atoms with Crippen molar-refractivity contribution in [1.29, 1.82) is 0 Å². The minimum Gasteiger partial charge on any atom is -0.355 e. The molecule has 1 aliphatic heterocycles. The highest BCUT2D eigenvalue weighted by molar-refractivity contribution is 7.98. The summed E-state index contributed by atoms with van der Waals surface area (Å²) in [5.74, 6) is 0.708. The second-order valence-corrected chi connectivity index (χ2v) is 11.2. The number of amides is 1. The first-order valence-electron chi connectivity index (χ1n) is 11.1. The zero-order chi connectivity index (χ0) is 22.8. The summed E-state index contributed by atoms with van der Waals surface area (Å²) in [5, 5.41) is 2.91. The molecule has 2 aromatic carbocycles. The van der Waals surface area contributed by atoms with Crippen molar-refractivity contribution < 1.29 is 17.6 Å². The predicted molar refractivity (Wildman–Crippen MR) is 128 cm³/mol. The molecule has 1 aliphatic rings. The molecule has 1 heterocycles. The molecule has 1 atom stereocenters. The number of rotatable bonds is 11. The van der Waals surface area contributed by atoms with E-state index in [0.29, 0.717) is 49.4 Å². The summed E-state index contributed by atoms with van der Waals surface area (Å²) in [4.78, 5) is 12.6. The Kier molecular flexibility index (Phi) is 9.56. The van der Waals surface area contributed by atoms with E-state index < -0.39 is 10.0 Å². The summed E-state index contributed by atoms with van der Waals surface area (Å²) in [6.07, 6.45) is 2.68. The van der Waals surface area contributed by atoms with Crippen LogP contribution < -0.4 is 5.32 Å². The molecular formula is C24H31FN2O3S2. The van der Waals surface area contributed by atoms with E-state index in [2.05, 4.69) is 5.32 Å². The maximum Gasteiger partial charge on any atom is 0.224 e. The first-order chi connectivity index (χ1) is 15.5. The van der Waals surface area contributed by atoms with Gasteiger partial charge in [-0.05, 0) is 42.9 Å². The topological polar surface area (TPSA) is 66.5 Å². The molecule has 0 bridgehead atoms. The Balaban J connectivity index is 1.38. The van der Waals surface area contributed by atoms with Crippen molar-refractivity contribution in [2.24, 2.45) is 5.92 Å². The monoisotopic (exact) mass is 478 g/mol. The molecule has 1 amide bonds. The Hall–Kier alpha value is -1.90. The predicted octanol–water partition coefficient (Wildman–Crippen LogP) is 3.85. The molecule has 1 N–H and O–H groups in total. The molecule has 32 heavy (non-hydrogen) atoms. The maximum atomic E-state index is 13.6. The number of sulfonamides is 1. The third-order valence-corrected chi connectivity index (χ3v) is 8.55. The van der Waals surface area contributed by atoms with Crippen LogP contribution >= 0.6 is 11.8 Å². The fraction of sp³-hybridized carbons (Fsp3) is 0.458. The number of nitrogens with one attached hydrogen (secondary N) is 1. The second-order valence-electron chi connectivity index (χ2n) is 8.04. The smallest absolute Gasteiger partial charge is 0.224 e. The molecule has 5 nitrogen and oxygen atoms in total. The van der Waals surface area contributed by atoms with Gasteiger partial charge in [-0.25, -0.2) is 17.1 Å². The number of halogens is 1. The van der Waals surface area contributed by atoms with Crippen LogP contribution in [-0.2, 0) is 27.0 Å². The third kappa shape index (κ3) is 7.60. The van der Waals surface area contributed by atoms with Crippen LogP contribution in [0.4, 0.5) is 4.39 Å². The van der Waals surface area contributed by atoms with Gasteiger partial charge in [0.15, 0.2) is 0 Å². The zero-order valence-corrected chi connectivity index (χ0v) is 19.8. The minimum absolute atomic E-state index is 0.0966. The summed E-state index contributed by atoms with van der Waals surface area (Å²) in [6, 6.07) is 16.5. The first-order valence-corrected chi connectivity index (χ1v) is 13.8. The first kappa shape index (κ1) is 24.7. The summed E-state index contributed by atoms with van der Waals surface area (Å²) in [7, 11) is -3.37. The average Bonchev–Trinajstić information content (AvgIpc) is 2.80. The lowest BCUT2D eigenvalue weighted by atomic mass is 9.99. The highest BCUT2D eigenvalue weighted by atomic mass is 32.2. The van der Waals surface area contributed by atoms with Crippen LogP contribution in [0.3, 0.4) is 0 Å². The average molecular weight is 479 g/mol. The number of carbonyl (C=O) groups excluding carboxylic acids is 1. The second kappa shape index (κ2) is 12.4. The highest BCUT2D eigenvalue weighted by Crippen LogP contribution is 2.21. The van der Waals surface area contributed by atoms with Crippen molar-refractivity contribution in [1.82, 2.24) is 9.62 Å². The Morgan fingerprint density at radius 1 is 1.12 bits per heavy atom. The van der Waals surface area contributed by atoms with Gasteiger partial charge in [0.2, 0.25) is 15.9 Å². The van der Waals surface area contributed by atoms with E-state index in [4.69, 9.17) is 0 Å². The van der Waals surface area contributed by atoms with Gasteiger partial charge in [0, 0.05) is 31.1 Å². The number of aryl methyl sites for hydroxylation is 1. The molecule has 0 saturated carbocycles. The molecule has 0 radical (unpaired) electrons. The normalized spacial score (nSPS) is 17.2. The van der Waals surface area contributed by atoms with Crippen LogP contribution in [0.2, 0.25) is 0 Å². The summed E-state index contributed by atoms with van der Waals surface area (Å²) < 4.78 is 40.6. The SMILES string of the molecule is O=C(NCCSCc1ccccc1F)[C@H]1CCCN(S(=O)(=O)CCCc2ccccc2)C1. The van der Waals surface area contributed by atoms with Crippen LogP contribution in [0.1, 0.15) is 30.4 Å². The van der Waals surface area contributed by atoms with Gasteiger partial charge in [-0.2, -0.15) is 11.8 Å². The van der Waals surface area contributed by atoms with E-state index in [1.165, 1.54) is 10.4 Å². The molecule has 0 aromatic heterocycles. The van der Waals surface area contributed by atoms with Crippen LogP contribution in [0.25, 0.3) is 0 Å². The number of thioether (sulfide) groups is 1. The Labute approximate surface area is 194 Å². The number of hydrogen-bond acceptors (Lipinski definition) is 4. The number of benzene rings is 2. The van der Waals surface area contributed by atoms with Gasteiger partial charge in [0.25, 0.3) is 0 Å². The van der Waals surface area contributed by atoms with Crippen LogP contribution in [0.5, 0.6) is 0 Å². The van der Waals surface area contributed by atoms with Crippen molar-refractivity contribution in [3.05, 3.63) is 71.5 Å². The van der Waals surface area contributed by atoms with Gasteiger partial charge in [-0.1, -0.05) is 48.5 Å². The van der Waals surface area contributed by atoms with Crippen molar-refractivity contribution in [2.45, 2.75) is 31.4 Å². The van der Waals surface area contributed by atoms with Crippen molar-refractivity contribution >= 4 is 27.7 Å². The van der Waals surface area contributed by atoms with Crippen molar-refractivity contribution in [3.63, 3.8) is 0 Å². The molecule has 8 heteroatoms. The van der Waals surface area contributed by atoms with Gasteiger partial charge in [0.05, 0.1) is 11.7 Å². The number of nitrogens with zero attached hydrogens (tertiary/aromatic N) is 1. The standard InChI is InChI=1S/C24H31FN2O3S2/c25-23-13-5-4-11-22(23)19-31-16-14-26-24(28)21-12-6-15-27(18-21)32(29,30)17-7-10-20-8-2-1-3-9-20/h1-5,8-9,11,13,21H,6-7,10,12,14-19H2,(H,26,28)/t21-/m0/s1. The molecule has 0 aliphatic carbocycles. The summed E-state index contributed by atoms with van der Waals surface area (Å²) >= 11 is 1.56. The Morgan fingerprint density at radius 3 is 2.66 bits per heavy atom. The molecule has 0 unspecified atom stereocenters. The fourth-order valence-electron chi connectivity index (χ4n) is 3.83. The third-order valence-electron chi connectivity index (χ3n) is 5.62. The quantitative estimate of drug-likeness (QED) is 0.498. The lowest BCUT2D eigenvalue weighted by Crippen LogP contribution is -2.46. The molecule has 0 spiro atoms. The summed E-state index contributed by atoms with van der Waals surface area (Å²) in [5.41, 5.74) is 1.79. The minimum atomic E-state index is -3.37. The molecule has 2 aromatic rings. The molecule has 1 fully saturated rings. The summed E-state index contributed by atoms with van der Waals surface area (Å²) in [6.45, 7) is 1.22. The van der Waals surface area contributed by atoms with E-state index in [0.717, 1.165) is 12.0 Å². The van der Waals surface area contributed by atoms with Gasteiger partial charge in [-0.15, -0.1) is 0 Å². The van der Waals surface area contributed by atoms with Gasteiger partial charge in [0.1, 0.15) is 5.82 Å². The van der Waals surface area contributed by atoms with Crippen LogP contribution in [-0.4, -0.2) is 49.8 Å². The largest absolute Gasteiger partial charge is 0.355 e. The van der Waals surface area contributed by atoms with Gasteiger partial charge < -0.3 is 5.32 Å².